The van der Waals surface area contributed by atoms with Crippen LogP contribution in [-0.2, 0) is 22.0 Å². The van der Waals surface area contributed by atoms with Crippen LogP contribution < -0.4 is 10.1 Å². The molecular formula is C20H22BrNO3S. The number of hydrogen-bond acceptors (Lipinski definition) is 3. The Balaban J connectivity index is 1.42. The van der Waals surface area contributed by atoms with Gasteiger partial charge in [0.25, 0.3) is 0 Å². The minimum Gasteiger partial charge on any atom is -0.494 e. The topological polar surface area (TPSA) is 55.4 Å². The SMILES string of the molecule is Cc1cc(S(=O)CCCCOc2ccc3c(c2)CCC(=O)N3)ccc1Br. The lowest BCUT2D eigenvalue weighted by molar-refractivity contribution is -0.116. The minimum absolute atomic E-state index is 0.0696. The molecule has 1 atom stereocenters. The number of nitrogens with one attached hydrogen (secondary N) is 1. The van der Waals surface area contributed by atoms with Crippen LogP contribution in [0, 0.1) is 6.92 Å². The van der Waals surface area contributed by atoms with Crippen molar-refractivity contribution in [3.8, 4) is 5.75 Å². The normalized spacial score (nSPS) is 14.5. The number of fused-ring (bicyclic) bond motifs is 1. The van der Waals surface area contributed by atoms with Crippen molar-refractivity contribution in [3.05, 3.63) is 52.0 Å². The zero-order valence-electron chi connectivity index (χ0n) is 14.7. The maximum Gasteiger partial charge on any atom is 0.224 e. The Labute approximate surface area is 164 Å². The molecule has 0 fully saturated rings. The zero-order valence-corrected chi connectivity index (χ0v) is 17.1. The number of halogens is 1. The number of benzene rings is 2. The molecular weight excluding hydrogens is 414 g/mol. The first-order valence-electron chi connectivity index (χ1n) is 8.73. The van der Waals surface area contributed by atoms with Crippen LogP contribution in [0.25, 0.3) is 0 Å². The van der Waals surface area contributed by atoms with E-state index in [1.54, 1.807) is 0 Å². The van der Waals surface area contributed by atoms with Crippen molar-refractivity contribution in [1.82, 2.24) is 0 Å². The maximum atomic E-state index is 12.3. The third-order valence-corrected chi connectivity index (χ3v) is 6.69. The number of carbonyl (C=O) groups is 1. The maximum absolute atomic E-state index is 12.3. The molecule has 1 unspecified atom stereocenters. The summed E-state index contributed by atoms with van der Waals surface area (Å²) in [6.45, 7) is 2.60. The molecule has 0 aromatic heterocycles. The molecule has 2 aromatic rings. The van der Waals surface area contributed by atoms with E-state index in [0.717, 1.165) is 51.2 Å². The number of ether oxygens (including phenoxy) is 1. The highest BCUT2D eigenvalue weighted by Crippen LogP contribution is 2.27. The van der Waals surface area contributed by atoms with E-state index in [1.165, 1.54) is 0 Å². The molecule has 1 heterocycles. The lowest BCUT2D eigenvalue weighted by Gasteiger charge is -2.17. The molecule has 138 valence electrons. The Bertz CT molecular complexity index is 838. The van der Waals surface area contributed by atoms with E-state index in [2.05, 4.69) is 21.2 Å². The summed E-state index contributed by atoms with van der Waals surface area (Å²) in [4.78, 5) is 12.3. The molecule has 0 aliphatic carbocycles. The highest BCUT2D eigenvalue weighted by molar-refractivity contribution is 9.10. The van der Waals surface area contributed by atoms with Gasteiger partial charge in [-0.05, 0) is 73.7 Å². The van der Waals surface area contributed by atoms with Crippen molar-refractivity contribution in [2.75, 3.05) is 17.7 Å². The van der Waals surface area contributed by atoms with Gasteiger partial charge in [0.15, 0.2) is 0 Å². The first-order chi connectivity index (χ1) is 12.5. The second-order valence-corrected chi connectivity index (χ2v) is 8.81. The summed E-state index contributed by atoms with van der Waals surface area (Å²) in [6, 6.07) is 11.6. The first-order valence-corrected chi connectivity index (χ1v) is 10.8. The predicted octanol–water partition coefficient (Wildman–Crippen LogP) is 4.61. The number of amides is 1. The van der Waals surface area contributed by atoms with Gasteiger partial charge in [0.05, 0.1) is 17.4 Å². The van der Waals surface area contributed by atoms with Crippen molar-refractivity contribution in [1.29, 1.82) is 0 Å². The van der Waals surface area contributed by atoms with Gasteiger partial charge in [-0.3, -0.25) is 9.00 Å². The molecule has 0 saturated carbocycles. The fraction of sp³-hybridized carbons (Fsp3) is 0.350. The highest BCUT2D eigenvalue weighted by atomic mass is 79.9. The van der Waals surface area contributed by atoms with E-state index in [-0.39, 0.29) is 5.91 Å². The van der Waals surface area contributed by atoms with Crippen LogP contribution >= 0.6 is 15.9 Å². The Morgan fingerprint density at radius 1 is 1.15 bits per heavy atom. The molecule has 2 aromatic carbocycles. The van der Waals surface area contributed by atoms with Crippen molar-refractivity contribution < 1.29 is 13.7 Å². The van der Waals surface area contributed by atoms with Crippen molar-refractivity contribution in [2.45, 2.75) is 37.5 Å². The number of anilines is 1. The summed E-state index contributed by atoms with van der Waals surface area (Å²) < 4.78 is 19.2. The second kappa shape index (κ2) is 8.82. The van der Waals surface area contributed by atoms with Crippen molar-refractivity contribution in [2.24, 2.45) is 0 Å². The monoisotopic (exact) mass is 435 g/mol. The fourth-order valence-electron chi connectivity index (χ4n) is 2.85. The van der Waals surface area contributed by atoms with Gasteiger partial charge < -0.3 is 10.1 Å². The summed E-state index contributed by atoms with van der Waals surface area (Å²) in [5.41, 5.74) is 3.10. The zero-order chi connectivity index (χ0) is 18.5. The third kappa shape index (κ3) is 4.95. The van der Waals surface area contributed by atoms with E-state index >= 15 is 0 Å². The summed E-state index contributed by atoms with van der Waals surface area (Å²) in [5.74, 6) is 1.53. The largest absolute Gasteiger partial charge is 0.494 e. The molecule has 0 bridgehead atoms. The molecule has 0 saturated heterocycles. The number of aryl methyl sites for hydroxylation is 2. The molecule has 1 aliphatic heterocycles. The molecule has 3 rings (SSSR count). The lowest BCUT2D eigenvalue weighted by atomic mass is 10.0. The number of rotatable bonds is 7. The predicted molar refractivity (Wildman–Crippen MR) is 108 cm³/mol. The molecule has 26 heavy (non-hydrogen) atoms. The van der Waals surface area contributed by atoms with Crippen molar-refractivity contribution in [3.63, 3.8) is 0 Å². The summed E-state index contributed by atoms with van der Waals surface area (Å²) in [5, 5.41) is 2.87. The average Bonchev–Trinajstić information content (AvgIpc) is 2.63. The van der Waals surface area contributed by atoms with Crippen molar-refractivity contribution >= 4 is 38.3 Å². The minimum atomic E-state index is -0.972. The Morgan fingerprint density at radius 3 is 2.81 bits per heavy atom. The van der Waals surface area contributed by atoms with E-state index in [1.807, 2.05) is 43.3 Å². The summed E-state index contributed by atoms with van der Waals surface area (Å²) >= 11 is 3.46. The molecule has 1 N–H and O–H groups in total. The Morgan fingerprint density at radius 2 is 2.00 bits per heavy atom. The standard InChI is InChI=1S/C20H22BrNO3S/c1-14-12-17(6-7-18(14)21)26(24)11-3-2-10-25-16-5-8-19-15(13-16)4-9-20(23)22-19/h5-8,12-13H,2-4,9-11H2,1H3,(H,22,23). The van der Waals surface area contributed by atoms with E-state index in [4.69, 9.17) is 4.74 Å². The highest BCUT2D eigenvalue weighted by Gasteiger charge is 2.15. The van der Waals surface area contributed by atoms with Crippen LogP contribution in [0.1, 0.15) is 30.4 Å². The number of hydrogen-bond donors (Lipinski definition) is 1. The van der Waals surface area contributed by atoms with E-state index in [9.17, 15) is 9.00 Å². The molecule has 1 aliphatic rings. The quantitative estimate of drug-likeness (QED) is 0.645. The summed E-state index contributed by atoms with van der Waals surface area (Å²) in [6.07, 6.45) is 2.99. The van der Waals surface area contributed by atoms with Gasteiger partial charge in [-0.25, -0.2) is 0 Å². The van der Waals surface area contributed by atoms with Crippen LogP contribution in [0.2, 0.25) is 0 Å². The second-order valence-electron chi connectivity index (χ2n) is 6.38. The third-order valence-electron chi connectivity index (χ3n) is 4.36. The van der Waals surface area contributed by atoms with E-state index < -0.39 is 10.8 Å². The van der Waals surface area contributed by atoms with Gasteiger partial charge in [-0.1, -0.05) is 15.9 Å². The Hall–Kier alpha value is -1.66. The average molecular weight is 436 g/mol. The molecule has 6 heteroatoms. The Kier molecular flexibility index (Phi) is 6.48. The number of carbonyl (C=O) groups excluding carboxylic acids is 1. The van der Waals surface area contributed by atoms with Gasteiger partial charge in [-0.15, -0.1) is 0 Å². The first kappa shape index (κ1) is 19.1. The molecule has 0 radical (unpaired) electrons. The van der Waals surface area contributed by atoms with Gasteiger partial charge in [0.1, 0.15) is 5.75 Å². The summed E-state index contributed by atoms with van der Waals surface area (Å²) in [7, 11) is -0.972. The van der Waals surface area contributed by atoms with Crippen LogP contribution in [0.4, 0.5) is 5.69 Å². The molecule has 0 spiro atoms. The van der Waals surface area contributed by atoms with Crippen LogP contribution in [-0.4, -0.2) is 22.5 Å². The fourth-order valence-corrected chi connectivity index (χ4v) is 4.33. The van der Waals surface area contributed by atoms with Gasteiger partial charge in [0.2, 0.25) is 5.91 Å². The van der Waals surface area contributed by atoms with E-state index in [0.29, 0.717) is 18.8 Å². The van der Waals surface area contributed by atoms with Gasteiger partial charge >= 0.3 is 0 Å². The van der Waals surface area contributed by atoms with Crippen LogP contribution in [0.15, 0.2) is 45.8 Å². The van der Waals surface area contributed by atoms with Crippen LogP contribution in [0.3, 0.4) is 0 Å². The molecule has 4 nitrogen and oxygen atoms in total. The lowest BCUT2D eigenvalue weighted by Crippen LogP contribution is -2.18. The van der Waals surface area contributed by atoms with Crippen LogP contribution in [0.5, 0.6) is 5.75 Å². The van der Waals surface area contributed by atoms with Gasteiger partial charge in [-0.2, -0.15) is 0 Å². The number of unbranched alkanes of at least 4 members (excludes halogenated alkanes) is 1. The smallest absolute Gasteiger partial charge is 0.224 e. The molecule has 1 amide bonds. The van der Waals surface area contributed by atoms with Gasteiger partial charge in [0, 0.05) is 27.2 Å².